The van der Waals surface area contributed by atoms with E-state index in [1.54, 1.807) is 0 Å². The SMILES string of the molecule is CO[C@H](CCCCCN1CCN(C)CC1)CCCC(C)(C)C. The molecule has 0 aromatic carbocycles. The van der Waals surface area contributed by atoms with Crippen LogP contribution in [-0.4, -0.2) is 62.8 Å². The highest BCUT2D eigenvalue weighted by Crippen LogP contribution is 2.23. The molecule has 0 aromatic heterocycles. The maximum atomic E-state index is 5.66. The van der Waals surface area contributed by atoms with Crippen LogP contribution in [0.5, 0.6) is 0 Å². The Morgan fingerprint density at radius 1 is 0.909 bits per heavy atom. The van der Waals surface area contributed by atoms with Crippen LogP contribution >= 0.6 is 0 Å². The molecule has 132 valence electrons. The van der Waals surface area contributed by atoms with E-state index in [4.69, 9.17) is 4.74 Å². The lowest BCUT2D eigenvalue weighted by Gasteiger charge is -2.32. The highest BCUT2D eigenvalue weighted by molar-refractivity contribution is 4.69. The van der Waals surface area contributed by atoms with E-state index in [9.17, 15) is 0 Å². The molecular formula is C19H40N2O. The van der Waals surface area contributed by atoms with E-state index >= 15 is 0 Å². The molecule has 1 atom stereocenters. The third-order valence-electron chi connectivity index (χ3n) is 4.88. The Morgan fingerprint density at radius 3 is 2.14 bits per heavy atom. The van der Waals surface area contributed by atoms with Gasteiger partial charge in [0.25, 0.3) is 0 Å². The van der Waals surface area contributed by atoms with Gasteiger partial charge in [-0.25, -0.2) is 0 Å². The van der Waals surface area contributed by atoms with Crippen LogP contribution in [0.3, 0.4) is 0 Å². The topological polar surface area (TPSA) is 15.7 Å². The van der Waals surface area contributed by atoms with Gasteiger partial charge in [0.2, 0.25) is 0 Å². The van der Waals surface area contributed by atoms with Crippen molar-refractivity contribution < 1.29 is 4.74 Å². The second-order valence-electron chi connectivity index (χ2n) is 8.30. The number of rotatable bonds is 10. The smallest absolute Gasteiger partial charge is 0.0571 e. The molecule has 0 unspecified atom stereocenters. The van der Waals surface area contributed by atoms with E-state index in [1.807, 2.05) is 7.11 Å². The molecule has 3 heteroatoms. The Balaban J connectivity index is 1.99. The Labute approximate surface area is 139 Å². The van der Waals surface area contributed by atoms with Gasteiger partial charge in [-0.1, -0.05) is 40.0 Å². The van der Waals surface area contributed by atoms with Gasteiger partial charge in [0.1, 0.15) is 0 Å². The van der Waals surface area contributed by atoms with Crippen LogP contribution in [0.15, 0.2) is 0 Å². The summed E-state index contributed by atoms with van der Waals surface area (Å²) in [6.45, 7) is 13.2. The van der Waals surface area contributed by atoms with Gasteiger partial charge in [-0.2, -0.15) is 0 Å². The number of hydrogen-bond acceptors (Lipinski definition) is 3. The number of piperazine rings is 1. The molecule has 1 aliphatic rings. The molecule has 0 saturated carbocycles. The summed E-state index contributed by atoms with van der Waals surface area (Å²) < 4.78 is 5.66. The van der Waals surface area contributed by atoms with Gasteiger partial charge in [0.05, 0.1) is 6.10 Å². The Hall–Kier alpha value is -0.120. The maximum Gasteiger partial charge on any atom is 0.0571 e. The third kappa shape index (κ3) is 9.81. The second kappa shape index (κ2) is 10.6. The summed E-state index contributed by atoms with van der Waals surface area (Å²) in [5.74, 6) is 0. The van der Waals surface area contributed by atoms with Crippen molar-refractivity contribution in [1.29, 1.82) is 0 Å². The van der Waals surface area contributed by atoms with Crippen molar-refractivity contribution in [2.24, 2.45) is 5.41 Å². The minimum absolute atomic E-state index is 0.459. The summed E-state index contributed by atoms with van der Waals surface area (Å²) >= 11 is 0. The predicted molar refractivity (Wildman–Crippen MR) is 96.5 cm³/mol. The number of nitrogens with zero attached hydrogens (tertiary/aromatic N) is 2. The number of unbranched alkanes of at least 4 members (excludes halogenated alkanes) is 2. The predicted octanol–water partition coefficient (Wildman–Crippen LogP) is 4.03. The Morgan fingerprint density at radius 2 is 1.55 bits per heavy atom. The second-order valence-corrected chi connectivity index (χ2v) is 8.30. The zero-order chi connectivity index (χ0) is 16.4. The lowest BCUT2D eigenvalue weighted by atomic mass is 9.89. The fraction of sp³-hybridized carbons (Fsp3) is 1.00. The average molecular weight is 313 g/mol. The molecule has 0 radical (unpaired) electrons. The quantitative estimate of drug-likeness (QED) is 0.567. The van der Waals surface area contributed by atoms with Crippen molar-refractivity contribution >= 4 is 0 Å². The molecule has 1 rings (SSSR count). The maximum absolute atomic E-state index is 5.66. The molecule has 3 nitrogen and oxygen atoms in total. The van der Waals surface area contributed by atoms with Crippen LogP contribution in [-0.2, 0) is 4.74 Å². The first-order chi connectivity index (χ1) is 10.4. The molecule has 1 heterocycles. The Bertz CT molecular complexity index is 267. The monoisotopic (exact) mass is 312 g/mol. The zero-order valence-electron chi connectivity index (χ0n) is 15.9. The van der Waals surface area contributed by atoms with E-state index in [1.165, 1.54) is 77.7 Å². The molecule has 1 saturated heterocycles. The molecule has 0 spiro atoms. The molecule has 0 bridgehead atoms. The van der Waals surface area contributed by atoms with Crippen molar-refractivity contribution in [3.63, 3.8) is 0 Å². The molecule has 22 heavy (non-hydrogen) atoms. The van der Waals surface area contributed by atoms with E-state index in [0.29, 0.717) is 11.5 Å². The van der Waals surface area contributed by atoms with Crippen molar-refractivity contribution in [2.75, 3.05) is 46.9 Å². The van der Waals surface area contributed by atoms with Crippen LogP contribution in [0, 0.1) is 5.41 Å². The summed E-state index contributed by atoms with van der Waals surface area (Å²) in [4.78, 5) is 5.05. The number of hydrogen-bond donors (Lipinski definition) is 0. The number of likely N-dealkylation sites (N-methyl/N-ethyl adjacent to an activating group) is 1. The van der Waals surface area contributed by atoms with Crippen molar-refractivity contribution in [3.05, 3.63) is 0 Å². The first-order valence-corrected chi connectivity index (χ1v) is 9.34. The van der Waals surface area contributed by atoms with E-state index in [-0.39, 0.29) is 0 Å². The summed E-state index contributed by atoms with van der Waals surface area (Å²) in [6, 6.07) is 0. The van der Waals surface area contributed by atoms with Gasteiger partial charge >= 0.3 is 0 Å². The van der Waals surface area contributed by atoms with Gasteiger partial charge in [-0.15, -0.1) is 0 Å². The van der Waals surface area contributed by atoms with E-state index in [2.05, 4.69) is 37.6 Å². The van der Waals surface area contributed by atoms with Gasteiger partial charge < -0.3 is 14.5 Å². The van der Waals surface area contributed by atoms with Gasteiger partial charge in [-0.05, 0) is 44.7 Å². The third-order valence-corrected chi connectivity index (χ3v) is 4.88. The summed E-state index contributed by atoms with van der Waals surface area (Å²) in [7, 11) is 4.11. The summed E-state index contributed by atoms with van der Waals surface area (Å²) in [5.41, 5.74) is 0.459. The van der Waals surface area contributed by atoms with Gasteiger partial charge in [-0.3, -0.25) is 0 Å². The molecule has 0 amide bonds. The lowest BCUT2D eigenvalue weighted by Crippen LogP contribution is -2.44. The van der Waals surface area contributed by atoms with Crippen LogP contribution < -0.4 is 0 Å². The fourth-order valence-corrected chi connectivity index (χ4v) is 3.20. The minimum atomic E-state index is 0.459. The first-order valence-electron chi connectivity index (χ1n) is 9.34. The largest absolute Gasteiger partial charge is 0.381 e. The molecule has 1 fully saturated rings. The van der Waals surface area contributed by atoms with E-state index < -0.39 is 0 Å². The fourth-order valence-electron chi connectivity index (χ4n) is 3.20. The Kier molecular flexibility index (Phi) is 9.62. The average Bonchev–Trinajstić information content (AvgIpc) is 2.45. The van der Waals surface area contributed by atoms with Gasteiger partial charge in [0, 0.05) is 33.3 Å². The lowest BCUT2D eigenvalue weighted by molar-refractivity contribution is 0.0804. The van der Waals surface area contributed by atoms with E-state index in [0.717, 1.165) is 0 Å². The molecule has 0 aliphatic carbocycles. The summed E-state index contributed by atoms with van der Waals surface area (Å²) in [6.07, 6.45) is 9.57. The molecule has 0 aromatic rings. The highest BCUT2D eigenvalue weighted by atomic mass is 16.5. The van der Waals surface area contributed by atoms with Crippen LogP contribution in [0.25, 0.3) is 0 Å². The van der Waals surface area contributed by atoms with Gasteiger partial charge in [0.15, 0.2) is 0 Å². The van der Waals surface area contributed by atoms with Crippen LogP contribution in [0.2, 0.25) is 0 Å². The standard InChI is InChI=1S/C19H40N2O/c1-19(2,3)12-9-11-18(22-5)10-7-6-8-13-21-16-14-20(4)15-17-21/h18H,6-17H2,1-5H3/t18-/m1/s1. The van der Waals surface area contributed by atoms with Crippen molar-refractivity contribution in [3.8, 4) is 0 Å². The highest BCUT2D eigenvalue weighted by Gasteiger charge is 2.14. The number of methoxy groups -OCH3 is 1. The zero-order valence-corrected chi connectivity index (χ0v) is 15.9. The van der Waals surface area contributed by atoms with Crippen molar-refractivity contribution in [1.82, 2.24) is 9.80 Å². The van der Waals surface area contributed by atoms with Crippen molar-refractivity contribution in [2.45, 2.75) is 71.8 Å². The number of ether oxygens (including phenoxy) is 1. The molecule has 1 aliphatic heterocycles. The normalized spacial score (nSPS) is 19.5. The summed E-state index contributed by atoms with van der Waals surface area (Å²) in [5, 5.41) is 0. The minimum Gasteiger partial charge on any atom is -0.381 e. The van der Waals surface area contributed by atoms with Crippen LogP contribution in [0.4, 0.5) is 0 Å². The molecular weight excluding hydrogens is 272 g/mol. The molecule has 0 N–H and O–H groups in total. The first kappa shape index (κ1) is 19.9. The van der Waals surface area contributed by atoms with Crippen LogP contribution in [0.1, 0.15) is 65.7 Å².